The highest BCUT2D eigenvalue weighted by molar-refractivity contribution is 5.74. The molecule has 1 atom stereocenters. The van der Waals surface area contributed by atoms with Crippen LogP contribution in [0.3, 0.4) is 0 Å². The molecule has 0 aromatic heterocycles. The zero-order chi connectivity index (χ0) is 12.8. The van der Waals surface area contributed by atoms with Gasteiger partial charge in [0.1, 0.15) is 0 Å². The number of carbonyl (C=O) groups is 1. The lowest BCUT2D eigenvalue weighted by Gasteiger charge is -2.14. The van der Waals surface area contributed by atoms with Crippen LogP contribution in [0.2, 0.25) is 0 Å². The molecule has 0 spiro atoms. The molecule has 17 heavy (non-hydrogen) atoms. The predicted molar refractivity (Wildman–Crippen MR) is 61.3 cm³/mol. The van der Waals surface area contributed by atoms with Crippen LogP contribution in [0.4, 0.5) is 0 Å². The van der Waals surface area contributed by atoms with Crippen molar-refractivity contribution in [1.29, 1.82) is 0 Å². The molecule has 1 rings (SSSR count). The number of benzene rings is 1. The molecule has 1 aromatic carbocycles. The molecule has 5 nitrogen and oxygen atoms in total. The maximum absolute atomic E-state index is 11.1. The fourth-order valence-electron chi connectivity index (χ4n) is 1.54. The third kappa shape index (κ3) is 3.10. The van der Waals surface area contributed by atoms with E-state index in [9.17, 15) is 9.90 Å². The third-order valence-corrected chi connectivity index (χ3v) is 2.37. The first kappa shape index (κ1) is 13.3. The Labute approximate surface area is 99.9 Å². The first-order valence-electron chi connectivity index (χ1n) is 5.09. The van der Waals surface area contributed by atoms with Gasteiger partial charge in [0.25, 0.3) is 0 Å². The summed E-state index contributed by atoms with van der Waals surface area (Å²) in [6.07, 6.45) is -1.09. The second-order valence-electron chi connectivity index (χ2n) is 3.40. The lowest BCUT2D eigenvalue weighted by molar-refractivity contribution is -0.150. The van der Waals surface area contributed by atoms with Crippen molar-refractivity contribution in [2.24, 2.45) is 0 Å². The van der Waals surface area contributed by atoms with E-state index in [4.69, 9.17) is 9.47 Å². The molecule has 0 saturated carbocycles. The fourth-order valence-corrected chi connectivity index (χ4v) is 1.54. The van der Waals surface area contributed by atoms with Crippen molar-refractivity contribution in [3.63, 3.8) is 0 Å². The quantitative estimate of drug-likeness (QED) is 0.770. The first-order valence-corrected chi connectivity index (χ1v) is 5.09. The molecule has 5 heteroatoms. The Kier molecular flexibility index (Phi) is 4.78. The Bertz CT molecular complexity index is 388. The van der Waals surface area contributed by atoms with Crippen LogP contribution in [0, 0.1) is 0 Å². The second-order valence-corrected chi connectivity index (χ2v) is 3.40. The molecule has 0 fully saturated rings. The van der Waals surface area contributed by atoms with Crippen LogP contribution in [0.5, 0.6) is 11.5 Å². The molecular weight excluding hydrogens is 224 g/mol. The molecule has 1 N–H and O–H groups in total. The van der Waals surface area contributed by atoms with Gasteiger partial charge in [-0.05, 0) is 6.07 Å². The van der Waals surface area contributed by atoms with Gasteiger partial charge in [0.15, 0.2) is 17.6 Å². The topological polar surface area (TPSA) is 65.0 Å². The van der Waals surface area contributed by atoms with Crippen molar-refractivity contribution < 1.29 is 24.1 Å². The summed E-state index contributed by atoms with van der Waals surface area (Å²) in [4.78, 5) is 11.1. The zero-order valence-corrected chi connectivity index (χ0v) is 10.1. The molecule has 0 aliphatic heterocycles. The molecule has 1 unspecified atom stereocenters. The molecule has 0 aliphatic carbocycles. The Hall–Kier alpha value is -1.75. The molecule has 0 heterocycles. The monoisotopic (exact) mass is 240 g/mol. The number of hydrogen-bond acceptors (Lipinski definition) is 5. The van der Waals surface area contributed by atoms with Crippen molar-refractivity contribution in [3.8, 4) is 11.5 Å². The van der Waals surface area contributed by atoms with E-state index >= 15 is 0 Å². The number of rotatable bonds is 5. The van der Waals surface area contributed by atoms with Gasteiger partial charge in [0.2, 0.25) is 0 Å². The Morgan fingerprint density at radius 2 is 2.00 bits per heavy atom. The summed E-state index contributed by atoms with van der Waals surface area (Å²) in [5, 5.41) is 9.58. The summed E-state index contributed by atoms with van der Waals surface area (Å²) in [7, 11) is 4.26. The van der Waals surface area contributed by atoms with E-state index in [1.807, 2.05) is 0 Å². The normalized spacial score (nSPS) is 11.8. The van der Waals surface area contributed by atoms with E-state index in [0.717, 1.165) is 0 Å². The van der Waals surface area contributed by atoms with Crippen LogP contribution in [0.15, 0.2) is 18.2 Å². The fraction of sp³-hybridized carbons (Fsp3) is 0.417. The van der Waals surface area contributed by atoms with Crippen molar-refractivity contribution in [1.82, 2.24) is 0 Å². The van der Waals surface area contributed by atoms with Gasteiger partial charge in [-0.3, -0.25) is 0 Å². The van der Waals surface area contributed by atoms with E-state index in [2.05, 4.69) is 4.74 Å². The zero-order valence-electron chi connectivity index (χ0n) is 10.1. The van der Waals surface area contributed by atoms with E-state index in [0.29, 0.717) is 17.1 Å². The standard InChI is InChI=1S/C12H16O5/c1-15-10-6-4-5-8(11(10)16-2)7-9(13)12(14)17-3/h4-6,9,13H,7H2,1-3H3. The number of aliphatic hydroxyl groups excluding tert-OH is 1. The molecule has 94 valence electrons. The lowest BCUT2D eigenvalue weighted by atomic mass is 10.1. The van der Waals surface area contributed by atoms with Crippen LogP contribution in [-0.2, 0) is 16.0 Å². The van der Waals surface area contributed by atoms with Crippen LogP contribution >= 0.6 is 0 Å². The van der Waals surface area contributed by atoms with Gasteiger partial charge in [0.05, 0.1) is 21.3 Å². The minimum absolute atomic E-state index is 0.118. The Balaban J connectivity index is 2.94. The van der Waals surface area contributed by atoms with E-state index in [-0.39, 0.29) is 6.42 Å². The molecule has 0 bridgehead atoms. The summed E-state index contributed by atoms with van der Waals surface area (Å²) in [5.74, 6) is 0.398. The largest absolute Gasteiger partial charge is 0.493 e. The third-order valence-electron chi connectivity index (χ3n) is 2.37. The summed E-state index contributed by atoms with van der Waals surface area (Å²) in [5.41, 5.74) is 0.685. The lowest BCUT2D eigenvalue weighted by Crippen LogP contribution is -2.24. The predicted octanol–water partition coefficient (Wildman–Crippen LogP) is 0.780. The molecule has 1 aromatic rings. The number of hydrogen-bond donors (Lipinski definition) is 1. The Morgan fingerprint density at radius 3 is 2.53 bits per heavy atom. The number of ether oxygens (including phenoxy) is 3. The smallest absolute Gasteiger partial charge is 0.335 e. The van der Waals surface area contributed by atoms with Crippen molar-refractivity contribution in [3.05, 3.63) is 23.8 Å². The van der Waals surface area contributed by atoms with Gasteiger partial charge in [-0.15, -0.1) is 0 Å². The van der Waals surface area contributed by atoms with Gasteiger partial charge >= 0.3 is 5.97 Å². The number of esters is 1. The SMILES string of the molecule is COC(=O)C(O)Cc1cccc(OC)c1OC. The minimum atomic E-state index is -1.21. The summed E-state index contributed by atoms with van der Waals surface area (Å²) < 4.78 is 14.8. The van der Waals surface area contributed by atoms with Crippen LogP contribution in [0.25, 0.3) is 0 Å². The number of carbonyl (C=O) groups excluding carboxylic acids is 1. The summed E-state index contributed by atoms with van der Waals surface area (Å²) in [6.45, 7) is 0. The number of methoxy groups -OCH3 is 3. The average molecular weight is 240 g/mol. The first-order chi connectivity index (χ1) is 8.13. The van der Waals surface area contributed by atoms with Crippen molar-refractivity contribution in [2.75, 3.05) is 21.3 Å². The average Bonchev–Trinajstić information content (AvgIpc) is 2.37. The van der Waals surface area contributed by atoms with Gasteiger partial charge in [0, 0.05) is 12.0 Å². The van der Waals surface area contributed by atoms with E-state index in [1.165, 1.54) is 21.3 Å². The highest BCUT2D eigenvalue weighted by Crippen LogP contribution is 2.31. The Morgan fingerprint density at radius 1 is 1.29 bits per heavy atom. The summed E-state index contributed by atoms with van der Waals surface area (Å²) in [6, 6.07) is 5.26. The molecule has 0 saturated heterocycles. The van der Waals surface area contributed by atoms with Gasteiger partial charge in [-0.1, -0.05) is 12.1 Å². The maximum Gasteiger partial charge on any atom is 0.335 e. The molecule has 0 aliphatic rings. The van der Waals surface area contributed by atoms with Gasteiger partial charge < -0.3 is 19.3 Å². The maximum atomic E-state index is 11.1. The second kappa shape index (κ2) is 6.10. The van der Waals surface area contributed by atoms with Gasteiger partial charge in [-0.2, -0.15) is 0 Å². The minimum Gasteiger partial charge on any atom is -0.493 e. The molecule has 0 radical (unpaired) electrons. The van der Waals surface area contributed by atoms with E-state index < -0.39 is 12.1 Å². The highest BCUT2D eigenvalue weighted by atomic mass is 16.5. The van der Waals surface area contributed by atoms with E-state index in [1.54, 1.807) is 18.2 Å². The van der Waals surface area contributed by atoms with Crippen molar-refractivity contribution >= 4 is 5.97 Å². The highest BCUT2D eigenvalue weighted by Gasteiger charge is 2.19. The van der Waals surface area contributed by atoms with Crippen LogP contribution in [0.1, 0.15) is 5.56 Å². The van der Waals surface area contributed by atoms with Crippen LogP contribution < -0.4 is 9.47 Å². The summed E-state index contributed by atoms with van der Waals surface area (Å²) >= 11 is 0. The van der Waals surface area contributed by atoms with Gasteiger partial charge in [-0.25, -0.2) is 4.79 Å². The molecular formula is C12H16O5. The number of para-hydroxylation sites is 1. The number of aliphatic hydroxyl groups is 1. The van der Waals surface area contributed by atoms with Crippen LogP contribution in [-0.4, -0.2) is 38.5 Å². The van der Waals surface area contributed by atoms with Crippen molar-refractivity contribution in [2.45, 2.75) is 12.5 Å². The molecule has 0 amide bonds.